The molecule has 1 aromatic heterocycles. The topological polar surface area (TPSA) is 37.9 Å². The van der Waals surface area contributed by atoms with Gasteiger partial charge in [-0.05, 0) is 34.0 Å². The Morgan fingerprint density at radius 3 is 2.82 bits per heavy atom. The number of imidazole rings is 1. The van der Waals surface area contributed by atoms with Gasteiger partial charge in [0.15, 0.2) is 0 Å². The second kappa shape index (κ2) is 5.36. The monoisotopic (exact) mass is 294 g/mol. The first kappa shape index (κ1) is 12.2. The summed E-state index contributed by atoms with van der Waals surface area (Å²) in [5.74, 6) is 0.920. The highest BCUT2D eigenvalue weighted by Crippen LogP contribution is 2.24. The van der Waals surface area contributed by atoms with E-state index < -0.39 is 0 Å². The fraction of sp³-hybridized carbons (Fsp3) is 0.308. The van der Waals surface area contributed by atoms with Crippen LogP contribution in [0.5, 0.6) is 5.75 Å². The van der Waals surface area contributed by atoms with Gasteiger partial charge >= 0.3 is 0 Å². The molecule has 0 aliphatic heterocycles. The SMILES string of the molecule is CCc1ccc(OC)c(Cc2[nH]cnc2Br)c1. The maximum atomic E-state index is 5.38. The number of ether oxygens (including phenoxy) is 1. The molecule has 3 nitrogen and oxygen atoms in total. The summed E-state index contributed by atoms with van der Waals surface area (Å²) >= 11 is 3.42. The van der Waals surface area contributed by atoms with Gasteiger partial charge in [0.25, 0.3) is 0 Å². The van der Waals surface area contributed by atoms with Crippen LogP contribution >= 0.6 is 15.9 Å². The third-order valence-corrected chi connectivity index (χ3v) is 3.47. The molecule has 17 heavy (non-hydrogen) atoms. The van der Waals surface area contributed by atoms with Crippen LogP contribution in [0, 0.1) is 0 Å². The van der Waals surface area contributed by atoms with Gasteiger partial charge in [0, 0.05) is 12.0 Å². The molecular weight excluding hydrogens is 280 g/mol. The zero-order valence-electron chi connectivity index (χ0n) is 9.96. The fourth-order valence-electron chi connectivity index (χ4n) is 1.81. The number of methoxy groups -OCH3 is 1. The molecule has 0 atom stereocenters. The molecule has 0 saturated carbocycles. The second-order valence-corrected chi connectivity index (χ2v) is 4.60. The van der Waals surface area contributed by atoms with Gasteiger partial charge in [-0.15, -0.1) is 0 Å². The van der Waals surface area contributed by atoms with Gasteiger partial charge in [-0.2, -0.15) is 0 Å². The van der Waals surface area contributed by atoms with Crippen molar-refractivity contribution in [2.24, 2.45) is 0 Å². The molecule has 2 aromatic rings. The van der Waals surface area contributed by atoms with Crippen molar-refractivity contribution in [3.8, 4) is 5.75 Å². The highest BCUT2D eigenvalue weighted by Gasteiger charge is 2.09. The van der Waals surface area contributed by atoms with Crippen molar-refractivity contribution in [2.75, 3.05) is 7.11 Å². The minimum absolute atomic E-state index is 0.789. The normalized spacial score (nSPS) is 10.5. The number of aryl methyl sites for hydroxylation is 1. The van der Waals surface area contributed by atoms with Gasteiger partial charge in [-0.25, -0.2) is 4.98 Å². The lowest BCUT2D eigenvalue weighted by molar-refractivity contribution is 0.410. The van der Waals surface area contributed by atoms with Gasteiger partial charge in [-0.3, -0.25) is 0 Å². The van der Waals surface area contributed by atoms with E-state index in [4.69, 9.17) is 4.74 Å². The molecule has 90 valence electrons. The molecule has 0 fully saturated rings. The molecule has 2 rings (SSSR count). The van der Waals surface area contributed by atoms with E-state index in [0.717, 1.165) is 28.9 Å². The van der Waals surface area contributed by atoms with E-state index in [0.29, 0.717) is 0 Å². The van der Waals surface area contributed by atoms with Crippen molar-refractivity contribution in [3.05, 3.63) is 46.0 Å². The lowest BCUT2D eigenvalue weighted by Gasteiger charge is -2.09. The first-order valence-electron chi connectivity index (χ1n) is 5.58. The molecule has 0 bridgehead atoms. The summed E-state index contributed by atoms with van der Waals surface area (Å²) in [6.07, 6.45) is 3.51. The predicted molar refractivity (Wildman–Crippen MR) is 71.5 cm³/mol. The van der Waals surface area contributed by atoms with E-state index in [2.05, 4.69) is 45.0 Å². The van der Waals surface area contributed by atoms with E-state index >= 15 is 0 Å². The summed E-state index contributed by atoms with van der Waals surface area (Å²) in [7, 11) is 1.70. The molecule has 0 radical (unpaired) electrons. The van der Waals surface area contributed by atoms with Crippen LogP contribution in [0.15, 0.2) is 29.1 Å². The number of H-pyrrole nitrogens is 1. The van der Waals surface area contributed by atoms with E-state index in [-0.39, 0.29) is 0 Å². The van der Waals surface area contributed by atoms with Crippen molar-refractivity contribution >= 4 is 15.9 Å². The van der Waals surface area contributed by atoms with Crippen LogP contribution < -0.4 is 4.74 Å². The highest BCUT2D eigenvalue weighted by atomic mass is 79.9. The smallest absolute Gasteiger partial charge is 0.127 e. The molecule has 0 aliphatic rings. The van der Waals surface area contributed by atoms with E-state index in [1.54, 1.807) is 13.4 Å². The van der Waals surface area contributed by atoms with Gasteiger partial charge < -0.3 is 9.72 Å². The molecule has 1 heterocycles. The van der Waals surface area contributed by atoms with Crippen molar-refractivity contribution < 1.29 is 4.74 Å². The molecule has 0 unspecified atom stereocenters. The molecule has 4 heteroatoms. The number of nitrogens with zero attached hydrogens (tertiary/aromatic N) is 1. The minimum atomic E-state index is 0.789. The van der Waals surface area contributed by atoms with Crippen LogP contribution in [0.3, 0.4) is 0 Å². The molecule has 0 saturated heterocycles. The predicted octanol–water partition coefficient (Wildman–Crippen LogP) is 3.33. The van der Waals surface area contributed by atoms with Crippen LogP contribution in [-0.4, -0.2) is 17.1 Å². The maximum Gasteiger partial charge on any atom is 0.127 e. The summed E-state index contributed by atoms with van der Waals surface area (Å²) in [6.45, 7) is 2.15. The Labute approximate surface area is 109 Å². The summed E-state index contributed by atoms with van der Waals surface area (Å²) in [5, 5.41) is 0. The van der Waals surface area contributed by atoms with Crippen LogP contribution in [0.1, 0.15) is 23.7 Å². The van der Waals surface area contributed by atoms with Crippen LogP contribution in [0.25, 0.3) is 0 Å². The zero-order valence-corrected chi connectivity index (χ0v) is 11.5. The number of hydrogen-bond acceptors (Lipinski definition) is 2. The standard InChI is InChI=1S/C13H15BrN2O/c1-3-9-4-5-12(17-2)10(6-9)7-11-13(14)16-8-15-11/h4-6,8H,3,7H2,1-2H3,(H,15,16). The van der Waals surface area contributed by atoms with Crippen LogP contribution in [-0.2, 0) is 12.8 Å². The van der Waals surface area contributed by atoms with E-state index in [1.165, 1.54) is 11.1 Å². The average Bonchev–Trinajstić information content (AvgIpc) is 2.75. The number of benzene rings is 1. The molecule has 1 N–H and O–H groups in total. The van der Waals surface area contributed by atoms with E-state index in [1.807, 2.05) is 6.07 Å². The number of aromatic nitrogens is 2. The molecule has 0 aliphatic carbocycles. The Bertz CT molecular complexity index is 508. The second-order valence-electron chi connectivity index (χ2n) is 3.85. The molecular formula is C13H15BrN2O. The largest absolute Gasteiger partial charge is 0.496 e. The highest BCUT2D eigenvalue weighted by molar-refractivity contribution is 9.10. The fourth-order valence-corrected chi connectivity index (χ4v) is 2.17. The van der Waals surface area contributed by atoms with Gasteiger partial charge in [0.2, 0.25) is 0 Å². The zero-order chi connectivity index (χ0) is 12.3. The Kier molecular flexibility index (Phi) is 3.84. The van der Waals surface area contributed by atoms with Crippen molar-refractivity contribution in [1.82, 2.24) is 9.97 Å². The van der Waals surface area contributed by atoms with Crippen LogP contribution in [0.4, 0.5) is 0 Å². The lowest BCUT2D eigenvalue weighted by Crippen LogP contribution is -1.96. The first-order chi connectivity index (χ1) is 8.24. The molecule has 1 aromatic carbocycles. The van der Waals surface area contributed by atoms with Crippen molar-refractivity contribution in [2.45, 2.75) is 19.8 Å². The van der Waals surface area contributed by atoms with Gasteiger partial charge in [0.05, 0.1) is 19.1 Å². The minimum Gasteiger partial charge on any atom is -0.496 e. The molecule has 0 spiro atoms. The summed E-state index contributed by atoms with van der Waals surface area (Å²) in [6, 6.07) is 6.31. The average molecular weight is 295 g/mol. The Morgan fingerprint density at radius 2 is 2.24 bits per heavy atom. The Hall–Kier alpha value is -1.29. The summed E-state index contributed by atoms with van der Waals surface area (Å²) in [5.41, 5.74) is 3.56. The van der Waals surface area contributed by atoms with Gasteiger partial charge in [0.1, 0.15) is 10.4 Å². The number of hydrogen-bond donors (Lipinski definition) is 1. The number of aromatic amines is 1. The Balaban J connectivity index is 2.33. The molecule has 0 amide bonds. The third-order valence-electron chi connectivity index (χ3n) is 2.79. The first-order valence-corrected chi connectivity index (χ1v) is 6.37. The summed E-state index contributed by atoms with van der Waals surface area (Å²) in [4.78, 5) is 7.26. The van der Waals surface area contributed by atoms with Crippen molar-refractivity contribution in [3.63, 3.8) is 0 Å². The Morgan fingerprint density at radius 1 is 1.41 bits per heavy atom. The number of rotatable bonds is 4. The third kappa shape index (κ3) is 2.69. The number of nitrogens with one attached hydrogen (secondary N) is 1. The van der Waals surface area contributed by atoms with E-state index in [9.17, 15) is 0 Å². The van der Waals surface area contributed by atoms with Crippen LogP contribution in [0.2, 0.25) is 0 Å². The van der Waals surface area contributed by atoms with Gasteiger partial charge in [-0.1, -0.05) is 19.1 Å². The number of halogens is 1. The summed E-state index contributed by atoms with van der Waals surface area (Å²) < 4.78 is 6.25. The van der Waals surface area contributed by atoms with Crippen molar-refractivity contribution in [1.29, 1.82) is 0 Å². The lowest BCUT2D eigenvalue weighted by atomic mass is 10.0. The quantitative estimate of drug-likeness (QED) is 0.939. The maximum absolute atomic E-state index is 5.38.